The third-order valence-electron chi connectivity index (χ3n) is 1.33. The summed E-state index contributed by atoms with van der Waals surface area (Å²) in [5.41, 5.74) is 0. The van der Waals surface area contributed by atoms with Gasteiger partial charge in [-0.2, -0.15) is 0 Å². The minimum atomic E-state index is -1.03. The van der Waals surface area contributed by atoms with Crippen molar-refractivity contribution in [1.82, 2.24) is 9.88 Å². The van der Waals surface area contributed by atoms with Crippen LogP contribution in [0.3, 0.4) is 0 Å². The molecule has 0 saturated carbocycles. The highest BCUT2D eigenvalue weighted by Gasteiger charge is 2.15. The number of carboxylic acids is 1. The van der Waals surface area contributed by atoms with Crippen LogP contribution in [0.2, 0.25) is 0 Å². The maximum absolute atomic E-state index is 11.4. The summed E-state index contributed by atoms with van der Waals surface area (Å²) in [6.07, 6.45) is 1.51. The minimum Gasteiger partial charge on any atom is -0.480 e. The number of hydrogen-bond acceptors (Lipinski definition) is 4. The lowest BCUT2D eigenvalue weighted by molar-refractivity contribution is -0.137. The van der Waals surface area contributed by atoms with Crippen molar-refractivity contribution in [2.45, 2.75) is 0 Å². The normalized spacial score (nSPS) is 9.62. The molecule has 5 nitrogen and oxygen atoms in total. The van der Waals surface area contributed by atoms with Crippen molar-refractivity contribution in [1.29, 1.82) is 0 Å². The maximum Gasteiger partial charge on any atom is 0.323 e. The van der Waals surface area contributed by atoms with Gasteiger partial charge in [-0.25, -0.2) is 4.98 Å². The second-order valence-electron chi connectivity index (χ2n) is 2.39. The minimum absolute atomic E-state index is 0.307. The van der Waals surface area contributed by atoms with E-state index in [0.717, 1.165) is 4.90 Å². The van der Waals surface area contributed by atoms with Gasteiger partial charge in [0.25, 0.3) is 5.91 Å². The quantitative estimate of drug-likeness (QED) is 0.761. The van der Waals surface area contributed by atoms with Gasteiger partial charge in [-0.3, -0.25) is 9.59 Å². The first-order chi connectivity index (χ1) is 6.11. The van der Waals surface area contributed by atoms with E-state index in [4.69, 9.17) is 5.11 Å². The number of aromatic nitrogens is 1. The fraction of sp³-hybridized carbons (Fsp3) is 0.286. The highest BCUT2D eigenvalue weighted by atomic mass is 32.1. The molecule has 0 atom stereocenters. The maximum atomic E-state index is 11.4. The molecular formula is C7H8N2O3S. The Morgan fingerprint density at radius 3 is 2.85 bits per heavy atom. The van der Waals surface area contributed by atoms with E-state index in [1.807, 2.05) is 0 Å². The smallest absolute Gasteiger partial charge is 0.323 e. The van der Waals surface area contributed by atoms with Crippen LogP contribution in [0.1, 0.15) is 9.80 Å². The molecule has 0 aliphatic rings. The summed E-state index contributed by atoms with van der Waals surface area (Å²) in [6.45, 7) is -0.307. The highest BCUT2D eigenvalue weighted by molar-refractivity contribution is 7.11. The molecule has 0 aliphatic heterocycles. The molecule has 0 aliphatic carbocycles. The first-order valence-corrected chi connectivity index (χ1v) is 4.36. The molecule has 1 heterocycles. The molecule has 0 spiro atoms. The highest BCUT2D eigenvalue weighted by Crippen LogP contribution is 2.06. The Balaban J connectivity index is 2.63. The van der Waals surface area contributed by atoms with E-state index in [0.29, 0.717) is 5.01 Å². The van der Waals surface area contributed by atoms with Crippen molar-refractivity contribution < 1.29 is 14.7 Å². The Kier molecular flexibility index (Phi) is 2.97. The van der Waals surface area contributed by atoms with Gasteiger partial charge in [0.1, 0.15) is 6.54 Å². The first-order valence-electron chi connectivity index (χ1n) is 3.48. The third-order valence-corrected chi connectivity index (χ3v) is 2.10. The third kappa shape index (κ3) is 2.51. The molecule has 0 fully saturated rings. The molecular weight excluding hydrogens is 192 g/mol. The van der Waals surface area contributed by atoms with Crippen LogP contribution >= 0.6 is 11.3 Å². The van der Waals surface area contributed by atoms with Crippen molar-refractivity contribution in [3.63, 3.8) is 0 Å². The number of likely N-dealkylation sites (N-methyl/N-ethyl adjacent to an activating group) is 1. The first kappa shape index (κ1) is 9.66. The molecule has 1 amide bonds. The molecule has 70 valence electrons. The second-order valence-corrected chi connectivity index (χ2v) is 3.29. The van der Waals surface area contributed by atoms with Crippen molar-refractivity contribution in [3.05, 3.63) is 16.6 Å². The fourth-order valence-electron chi connectivity index (χ4n) is 0.767. The molecule has 0 saturated heterocycles. The summed E-state index contributed by atoms with van der Waals surface area (Å²) < 4.78 is 0. The summed E-state index contributed by atoms with van der Waals surface area (Å²) in [5, 5.41) is 10.4. The van der Waals surface area contributed by atoms with Gasteiger partial charge in [0.15, 0.2) is 5.01 Å². The van der Waals surface area contributed by atoms with Crippen LogP contribution in [-0.4, -0.2) is 40.5 Å². The Morgan fingerprint density at radius 1 is 1.69 bits per heavy atom. The van der Waals surface area contributed by atoms with E-state index in [1.54, 1.807) is 5.38 Å². The Morgan fingerprint density at radius 2 is 2.38 bits per heavy atom. The number of thiazole rings is 1. The zero-order valence-electron chi connectivity index (χ0n) is 6.93. The summed E-state index contributed by atoms with van der Waals surface area (Å²) in [6, 6.07) is 0. The average Bonchev–Trinajstić information content (AvgIpc) is 2.53. The van der Waals surface area contributed by atoms with E-state index in [2.05, 4.69) is 4.98 Å². The topological polar surface area (TPSA) is 70.5 Å². The summed E-state index contributed by atoms with van der Waals surface area (Å²) in [7, 11) is 1.43. The van der Waals surface area contributed by atoms with E-state index >= 15 is 0 Å². The number of carbonyl (C=O) groups excluding carboxylic acids is 1. The molecule has 1 aromatic heterocycles. The lowest BCUT2D eigenvalue weighted by Gasteiger charge is -2.11. The van der Waals surface area contributed by atoms with Crippen LogP contribution in [-0.2, 0) is 4.79 Å². The van der Waals surface area contributed by atoms with Gasteiger partial charge in [0.05, 0.1) is 0 Å². The largest absolute Gasteiger partial charge is 0.480 e. The number of nitrogens with zero attached hydrogens (tertiary/aromatic N) is 2. The Hall–Kier alpha value is -1.43. The van der Waals surface area contributed by atoms with Gasteiger partial charge in [-0.15, -0.1) is 11.3 Å². The van der Waals surface area contributed by atoms with Crippen LogP contribution in [0.15, 0.2) is 11.6 Å². The van der Waals surface area contributed by atoms with Crippen LogP contribution in [0.4, 0.5) is 0 Å². The van der Waals surface area contributed by atoms with Gasteiger partial charge < -0.3 is 10.0 Å². The van der Waals surface area contributed by atoms with E-state index in [9.17, 15) is 9.59 Å². The lowest BCUT2D eigenvalue weighted by atomic mass is 10.5. The van der Waals surface area contributed by atoms with E-state index in [1.165, 1.54) is 24.6 Å². The number of carbonyl (C=O) groups is 2. The zero-order chi connectivity index (χ0) is 9.84. The average molecular weight is 200 g/mol. The van der Waals surface area contributed by atoms with E-state index < -0.39 is 5.97 Å². The molecule has 0 radical (unpaired) electrons. The number of carboxylic acid groups (broad SMARTS) is 1. The molecule has 0 bridgehead atoms. The molecule has 6 heteroatoms. The number of hydrogen-bond donors (Lipinski definition) is 1. The fourth-order valence-corrected chi connectivity index (χ4v) is 1.40. The molecule has 13 heavy (non-hydrogen) atoms. The standard InChI is InChI=1S/C7H8N2O3S/c1-9(4-5(10)11)7(12)6-8-2-3-13-6/h2-3H,4H2,1H3,(H,10,11). The Labute approximate surface area is 78.6 Å². The number of amides is 1. The lowest BCUT2D eigenvalue weighted by Crippen LogP contribution is -2.31. The van der Waals surface area contributed by atoms with Crippen LogP contribution in [0.5, 0.6) is 0 Å². The van der Waals surface area contributed by atoms with Crippen molar-refractivity contribution in [3.8, 4) is 0 Å². The van der Waals surface area contributed by atoms with Gasteiger partial charge in [0.2, 0.25) is 0 Å². The van der Waals surface area contributed by atoms with Gasteiger partial charge in [-0.05, 0) is 0 Å². The van der Waals surface area contributed by atoms with Crippen LogP contribution in [0.25, 0.3) is 0 Å². The molecule has 0 aromatic carbocycles. The molecule has 0 unspecified atom stereocenters. The number of aliphatic carboxylic acids is 1. The molecule has 1 rings (SSSR count). The number of rotatable bonds is 3. The second kappa shape index (κ2) is 3.99. The summed E-state index contributed by atoms with van der Waals surface area (Å²) >= 11 is 1.19. The van der Waals surface area contributed by atoms with Gasteiger partial charge in [0, 0.05) is 18.6 Å². The SMILES string of the molecule is CN(CC(=O)O)C(=O)c1nccs1. The van der Waals surface area contributed by atoms with Crippen molar-refractivity contribution >= 4 is 23.2 Å². The molecule has 1 aromatic rings. The van der Waals surface area contributed by atoms with E-state index in [-0.39, 0.29) is 12.5 Å². The van der Waals surface area contributed by atoms with Crippen molar-refractivity contribution in [2.24, 2.45) is 0 Å². The summed E-state index contributed by atoms with van der Waals surface area (Å²) in [4.78, 5) is 26.5. The molecule has 1 N–H and O–H groups in total. The Bertz CT molecular complexity index is 310. The van der Waals surface area contributed by atoms with Crippen LogP contribution < -0.4 is 0 Å². The predicted octanol–water partition coefficient (Wildman–Crippen LogP) is 0.300. The van der Waals surface area contributed by atoms with Crippen molar-refractivity contribution in [2.75, 3.05) is 13.6 Å². The zero-order valence-corrected chi connectivity index (χ0v) is 7.74. The van der Waals surface area contributed by atoms with Gasteiger partial charge >= 0.3 is 5.97 Å². The summed E-state index contributed by atoms with van der Waals surface area (Å²) in [5.74, 6) is -1.40. The van der Waals surface area contributed by atoms with Gasteiger partial charge in [-0.1, -0.05) is 0 Å². The predicted molar refractivity (Wildman–Crippen MR) is 46.7 cm³/mol. The van der Waals surface area contributed by atoms with Crippen LogP contribution in [0, 0.1) is 0 Å². The monoisotopic (exact) mass is 200 g/mol.